The van der Waals surface area contributed by atoms with E-state index in [1.54, 1.807) is 6.92 Å². The fraction of sp³-hybridized carbons (Fsp3) is 0.815. The van der Waals surface area contributed by atoms with Crippen molar-refractivity contribution in [2.45, 2.75) is 103 Å². The summed E-state index contributed by atoms with van der Waals surface area (Å²) in [5.41, 5.74) is 4.98. The largest absolute Gasteiger partial charge is 0.458 e. The smallest absolute Gasteiger partial charge is 0.306 e. The van der Waals surface area contributed by atoms with Gasteiger partial charge in [0.1, 0.15) is 5.60 Å². The number of Topliss-reactive ketones (excluding diaryl/α,β-unsaturated/α-hetero) is 1. The van der Waals surface area contributed by atoms with Gasteiger partial charge in [0.25, 0.3) is 0 Å². The van der Waals surface area contributed by atoms with E-state index in [0.29, 0.717) is 49.5 Å². The Morgan fingerprint density at radius 2 is 1.82 bits per heavy atom. The van der Waals surface area contributed by atoms with Crippen molar-refractivity contribution in [1.82, 2.24) is 0 Å². The molecule has 0 aromatic heterocycles. The number of hydrogen-bond donors (Lipinski definition) is 1. The predicted octanol–water partition coefficient (Wildman–Crippen LogP) is 4.57. The van der Waals surface area contributed by atoms with Gasteiger partial charge in [0.15, 0.2) is 5.78 Å². The van der Waals surface area contributed by atoms with Crippen LogP contribution in [0.25, 0.3) is 0 Å². The van der Waals surface area contributed by atoms with E-state index in [4.69, 9.17) is 15.2 Å². The molecule has 4 aliphatic carbocycles. The van der Waals surface area contributed by atoms with Gasteiger partial charge in [-0.2, -0.15) is 5.26 Å². The highest BCUT2D eigenvalue weighted by molar-refractivity contribution is 5.99. The number of rotatable bonds is 2. The number of nitrogens with zero attached hydrogens (tertiary/aromatic N) is 1. The summed E-state index contributed by atoms with van der Waals surface area (Å²) >= 11 is 0. The maximum absolute atomic E-state index is 13.1. The molecule has 5 fully saturated rings. The van der Waals surface area contributed by atoms with Gasteiger partial charge in [-0.15, -0.1) is 0 Å². The number of hydrogen-bond acceptors (Lipinski definition) is 6. The van der Waals surface area contributed by atoms with Gasteiger partial charge in [-0.05, 0) is 77.0 Å². The Bertz CT molecular complexity index is 979. The lowest BCUT2D eigenvalue weighted by molar-refractivity contribution is -0.270. The lowest BCUT2D eigenvalue weighted by Gasteiger charge is -2.69. The van der Waals surface area contributed by atoms with Crippen molar-refractivity contribution in [2.24, 2.45) is 33.8 Å². The first-order chi connectivity index (χ1) is 15.6. The molecule has 1 aliphatic heterocycles. The molecule has 180 valence electrons. The van der Waals surface area contributed by atoms with E-state index in [2.05, 4.69) is 19.9 Å². The molecule has 4 saturated carbocycles. The van der Waals surface area contributed by atoms with E-state index < -0.39 is 16.4 Å². The molecule has 33 heavy (non-hydrogen) atoms. The molecule has 5 rings (SSSR count). The van der Waals surface area contributed by atoms with E-state index in [1.165, 1.54) is 0 Å². The van der Waals surface area contributed by atoms with Crippen LogP contribution in [0.15, 0.2) is 11.3 Å². The first-order valence-electron chi connectivity index (χ1n) is 12.8. The number of ether oxygens (including phenoxy) is 2. The number of allylic oxidation sites excluding steroid dienone is 2. The molecule has 2 N–H and O–H groups in total. The maximum Gasteiger partial charge on any atom is 0.306 e. The third-order valence-corrected chi connectivity index (χ3v) is 11.1. The maximum atomic E-state index is 13.1. The molecule has 6 nitrogen and oxygen atoms in total. The van der Waals surface area contributed by atoms with Crippen LogP contribution in [-0.2, 0) is 19.1 Å². The number of esters is 1. The molecule has 6 heteroatoms. The summed E-state index contributed by atoms with van der Waals surface area (Å²) in [6, 6.07) is 2.65. The Balaban J connectivity index is 1.65. The minimum Gasteiger partial charge on any atom is -0.458 e. The minimum atomic E-state index is -0.920. The van der Waals surface area contributed by atoms with Gasteiger partial charge < -0.3 is 15.2 Å². The van der Waals surface area contributed by atoms with Crippen molar-refractivity contribution in [3.8, 4) is 6.07 Å². The monoisotopic (exact) mass is 454 g/mol. The molecule has 0 aromatic rings. The van der Waals surface area contributed by atoms with Gasteiger partial charge in [-0.1, -0.05) is 13.8 Å². The SMILES string of the molecule is CCO[C@]12CCC3(C)C(CC[C@@]34CCC(=O)O4)C1CC[C@]1(C#N)/C(=C(\C)N)C(=O)CCC12C. The van der Waals surface area contributed by atoms with Crippen molar-refractivity contribution < 1.29 is 19.1 Å². The topological polar surface area (TPSA) is 102 Å². The van der Waals surface area contributed by atoms with E-state index in [0.717, 1.165) is 38.5 Å². The number of carbonyl (C=O) groups is 2. The van der Waals surface area contributed by atoms with Crippen LogP contribution in [-0.4, -0.2) is 29.6 Å². The molecule has 0 aromatic carbocycles. The van der Waals surface area contributed by atoms with Gasteiger partial charge in [-0.3, -0.25) is 9.59 Å². The van der Waals surface area contributed by atoms with Crippen molar-refractivity contribution in [3.63, 3.8) is 0 Å². The normalized spacial score (nSPS) is 50.3. The van der Waals surface area contributed by atoms with E-state index >= 15 is 0 Å². The number of fused-ring (bicyclic) bond motifs is 6. The molecule has 0 radical (unpaired) electrons. The molecule has 1 saturated heterocycles. The number of ketones is 1. The molecule has 5 aliphatic rings. The second-order valence-electron chi connectivity index (χ2n) is 11.8. The first-order valence-corrected chi connectivity index (χ1v) is 12.8. The molecule has 0 amide bonds. The summed E-state index contributed by atoms with van der Waals surface area (Å²) in [6.07, 6.45) is 7.54. The molecule has 0 bridgehead atoms. The van der Waals surface area contributed by atoms with Crippen LogP contribution in [0.5, 0.6) is 0 Å². The summed E-state index contributed by atoms with van der Waals surface area (Å²) < 4.78 is 12.9. The van der Waals surface area contributed by atoms with Crippen LogP contribution in [0.1, 0.15) is 91.9 Å². The minimum absolute atomic E-state index is 0.0254. The van der Waals surface area contributed by atoms with Crippen LogP contribution in [0.2, 0.25) is 0 Å². The molecule has 4 unspecified atom stereocenters. The summed E-state index contributed by atoms with van der Waals surface area (Å²) in [5.74, 6) is 0.615. The molecule has 1 spiro atoms. The Morgan fingerprint density at radius 1 is 1.09 bits per heavy atom. The van der Waals surface area contributed by atoms with Crippen molar-refractivity contribution >= 4 is 11.8 Å². The quantitative estimate of drug-likeness (QED) is 0.484. The third kappa shape index (κ3) is 2.48. The number of nitrogens with two attached hydrogens (primary N) is 1. The van der Waals surface area contributed by atoms with Crippen LogP contribution >= 0.6 is 0 Å². The highest BCUT2D eigenvalue weighted by Gasteiger charge is 2.76. The zero-order chi connectivity index (χ0) is 23.9. The van der Waals surface area contributed by atoms with Gasteiger partial charge in [0, 0.05) is 41.5 Å². The summed E-state index contributed by atoms with van der Waals surface area (Å²) in [4.78, 5) is 25.3. The third-order valence-electron chi connectivity index (χ3n) is 11.1. The van der Waals surface area contributed by atoms with Crippen LogP contribution in [0.3, 0.4) is 0 Å². The van der Waals surface area contributed by atoms with Crippen molar-refractivity contribution in [3.05, 3.63) is 11.3 Å². The predicted molar refractivity (Wildman–Crippen MR) is 122 cm³/mol. The lowest BCUT2D eigenvalue weighted by Crippen LogP contribution is -2.71. The first kappa shape index (κ1) is 22.9. The number of nitriles is 1. The Labute approximate surface area is 197 Å². The lowest BCUT2D eigenvalue weighted by atomic mass is 9.37. The zero-order valence-corrected chi connectivity index (χ0v) is 20.6. The van der Waals surface area contributed by atoms with E-state index in [9.17, 15) is 14.9 Å². The Morgan fingerprint density at radius 3 is 2.42 bits per heavy atom. The van der Waals surface area contributed by atoms with E-state index in [-0.39, 0.29) is 28.7 Å². The van der Waals surface area contributed by atoms with Crippen molar-refractivity contribution in [1.29, 1.82) is 5.26 Å². The second kappa shape index (κ2) is 7.07. The average Bonchev–Trinajstić information content (AvgIpc) is 3.29. The summed E-state index contributed by atoms with van der Waals surface area (Å²) in [6.45, 7) is 8.93. The summed E-state index contributed by atoms with van der Waals surface area (Å²) in [7, 11) is 0. The van der Waals surface area contributed by atoms with Gasteiger partial charge in [-0.25, -0.2) is 0 Å². The molecule has 1 heterocycles. The van der Waals surface area contributed by atoms with Crippen LogP contribution < -0.4 is 5.73 Å². The summed E-state index contributed by atoms with van der Waals surface area (Å²) in [5, 5.41) is 10.7. The van der Waals surface area contributed by atoms with Gasteiger partial charge in [0.2, 0.25) is 0 Å². The molecular formula is C27H38N2O4. The standard InChI is InChI=1S/C27H38N2O4/c1-5-32-27-15-14-23(3)18(7-12-26(23)13-9-21(31)33-26)19(27)6-11-25(16-28)22(17(2)29)20(30)8-10-24(25,27)4/h18-19H,5-15,29H2,1-4H3/b22-17+/t18?,19?,23?,24?,25-,26+,27+/m0/s1. The zero-order valence-electron chi connectivity index (χ0n) is 20.6. The fourth-order valence-electron chi connectivity index (χ4n) is 9.62. The van der Waals surface area contributed by atoms with Gasteiger partial charge >= 0.3 is 5.97 Å². The van der Waals surface area contributed by atoms with Gasteiger partial charge in [0.05, 0.1) is 17.1 Å². The number of carbonyl (C=O) groups excluding carboxylic acids is 2. The highest BCUT2D eigenvalue weighted by Crippen LogP contribution is 2.75. The Hall–Kier alpha value is -1.87. The Kier molecular flexibility index (Phi) is 4.91. The average molecular weight is 455 g/mol. The van der Waals surface area contributed by atoms with Crippen LogP contribution in [0, 0.1) is 39.4 Å². The molecular weight excluding hydrogens is 416 g/mol. The van der Waals surface area contributed by atoms with Crippen LogP contribution in [0.4, 0.5) is 0 Å². The fourth-order valence-corrected chi connectivity index (χ4v) is 9.62. The van der Waals surface area contributed by atoms with Crippen molar-refractivity contribution in [2.75, 3.05) is 6.61 Å². The second-order valence-corrected chi connectivity index (χ2v) is 11.8. The highest BCUT2D eigenvalue weighted by atomic mass is 16.6. The molecule has 7 atom stereocenters. The van der Waals surface area contributed by atoms with E-state index in [1.807, 2.05) is 6.92 Å².